The third-order valence-electron chi connectivity index (χ3n) is 3.57. The van der Waals surface area contributed by atoms with Crippen LogP contribution in [0.5, 0.6) is 0 Å². The van der Waals surface area contributed by atoms with Crippen LogP contribution in [0.15, 0.2) is 30.5 Å². The topological polar surface area (TPSA) is 85.2 Å². The molecule has 0 radical (unpaired) electrons. The fraction of sp³-hybridized carbons (Fsp3) is 0.200. The predicted molar refractivity (Wildman–Crippen MR) is 79.7 cm³/mol. The van der Waals surface area contributed by atoms with Gasteiger partial charge in [0.05, 0.1) is 17.6 Å². The molecule has 5 nitrogen and oxygen atoms in total. The molecule has 0 saturated carbocycles. The summed E-state index contributed by atoms with van der Waals surface area (Å²) in [5.74, 6) is 0.645. The van der Waals surface area contributed by atoms with Gasteiger partial charge in [0.15, 0.2) is 0 Å². The van der Waals surface area contributed by atoms with E-state index in [1.165, 1.54) is 0 Å². The number of nitrogens with zero attached hydrogens (tertiary/aromatic N) is 2. The maximum atomic E-state index is 12.3. The van der Waals surface area contributed by atoms with E-state index in [0.29, 0.717) is 30.0 Å². The van der Waals surface area contributed by atoms with Crippen molar-refractivity contribution < 1.29 is 4.79 Å². The van der Waals surface area contributed by atoms with Crippen LogP contribution < -0.4 is 16.4 Å². The minimum absolute atomic E-state index is 0.0407. The van der Waals surface area contributed by atoms with Crippen molar-refractivity contribution in [1.82, 2.24) is 4.98 Å². The summed E-state index contributed by atoms with van der Waals surface area (Å²) in [7, 11) is 0. The van der Waals surface area contributed by atoms with Crippen molar-refractivity contribution in [1.29, 1.82) is 0 Å². The molecule has 4 N–H and O–H groups in total. The lowest BCUT2D eigenvalue weighted by Crippen LogP contribution is -2.31. The standard InChI is InChI=1S/C15H16N4O/c1-9-6-14(18-8-12(9)17)19-13-4-3-11(16)7-10(13)2-5-15(19)20/h3-4,6-8H,2,5,16-17H2,1H3. The lowest BCUT2D eigenvalue weighted by Gasteiger charge is -2.29. The fourth-order valence-electron chi connectivity index (χ4n) is 2.44. The van der Waals surface area contributed by atoms with E-state index < -0.39 is 0 Å². The van der Waals surface area contributed by atoms with Crippen LogP contribution in [-0.2, 0) is 11.2 Å². The molecule has 0 fully saturated rings. The number of fused-ring (bicyclic) bond motifs is 1. The molecule has 1 amide bonds. The molecule has 3 rings (SSSR count). The summed E-state index contributed by atoms with van der Waals surface area (Å²) >= 11 is 0. The highest BCUT2D eigenvalue weighted by Crippen LogP contribution is 2.34. The smallest absolute Gasteiger partial charge is 0.233 e. The summed E-state index contributed by atoms with van der Waals surface area (Å²) in [4.78, 5) is 18.2. The number of carbonyl (C=O) groups excluding carboxylic acids is 1. The van der Waals surface area contributed by atoms with E-state index in [-0.39, 0.29) is 5.91 Å². The molecule has 0 atom stereocenters. The Morgan fingerprint density at radius 1 is 1.20 bits per heavy atom. The van der Waals surface area contributed by atoms with Crippen LogP contribution >= 0.6 is 0 Å². The number of aryl methyl sites for hydroxylation is 2. The van der Waals surface area contributed by atoms with Crippen LogP contribution in [0, 0.1) is 6.92 Å². The minimum Gasteiger partial charge on any atom is -0.399 e. The molecular formula is C15H16N4O. The van der Waals surface area contributed by atoms with Gasteiger partial charge in [-0.1, -0.05) is 0 Å². The van der Waals surface area contributed by atoms with Crippen LogP contribution in [-0.4, -0.2) is 10.9 Å². The van der Waals surface area contributed by atoms with Crippen molar-refractivity contribution in [2.75, 3.05) is 16.4 Å². The molecule has 0 spiro atoms. The Morgan fingerprint density at radius 2 is 2.00 bits per heavy atom. The van der Waals surface area contributed by atoms with E-state index in [4.69, 9.17) is 11.5 Å². The number of hydrogen-bond acceptors (Lipinski definition) is 4. The first-order chi connectivity index (χ1) is 9.56. The Kier molecular flexibility index (Phi) is 2.82. The Hall–Kier alpha value is -2.56. The van der Waals surface area contributed by atoms with Crippen LogP contribution in [0.25, 0.3) is 0 Å². The molecule has 0 unspecified atom stereocenters. The van der Waals surface area contributed by atoms with Gasteiger partial charge in [0.1, 0.15) is 5.82 Å². The average Bonchev–Trinajstić information content (AvgIpc) is 2.42. The first-order valence-corrected chi connectivity index (χ1v) is 6.50. The average molecular weight is 268 g/mol. The Balaban J connectivity index is 2.13. The molecule has 1 aromatic heterocycles. The number of benzene rings is 1. The third kappa shape index (κ3) is 1.97. The summed E-state index contributed by atoms with van der Waals surface area (Å²) in [5, 5.41) is 0. The maximum Gasteiger partial charge on any atom is 0.233 e. The van der Waals surface area contributed by atoms with E-state index >= 15 is 0 Å². The van der Waals surface area contributed by atoms with Gasteiger partial charge in [-0.25, -0.2) is 4.98 Å². The number of nitrogens with two attached hydrogens (primary N) is 2. The second kappa shape index (κ2) is 4.52. The fourth-order valence-corrected chi connectivity index (χ4v) is 2.44. The molecule has 1 aliphatic heterocycles. The number of anilines is 4. The number of carbonyl (C=O) groups is 1. The molecule has 2 aromatic rings. The van der Waals surface area contributed by atoms with Gasteiger partial charge >= 0.3 is 0 Å². The second-order valence-electron chi connectivity index (χ2n) is 5.02. The van der Waals surface area contributed by atoms with E-state index in [0.717, 1.165) is 16.8 Å². The molecule has 0 saturated heterocycles. The zero-order chi connectivity index (χ0) is 14.3. The molecule has 5 heteroatoms. The summed E-state index contributed by atoms with van der Waals surface area (Å²) in [6, 6.07) is 7.42. The van der Waals surface area contributed by atoms with Crippen molar-refractivity contribution in [3.8, 4) is 0 Å². The van der Waals surface area contributed by atoms with Crippen LogP contribution in [0.4, 0.5) is 22.9 Å². The van der Waals surface area contributed by atoms with Gasteiger partial charge in [-0.2, -0.15) is 0 Å². The Morgan fingerprint density at radius 3 is 2.75 bits per heavy atom. The number of nitrogen functional groups attached to an aromatic ring is 2. The highest BCUT2D eigenvalue weighted by atomic mass is 16.2. The lowest BCUT2D eigenvalue weighted by atomic mass is 10.0. The number of amides is 1. The van der Waals surface area contributed by atoms with Crippen molar-refractivity contribution in [3.63, 3.8) is 0 Å². The van der Waals surface area contributed by atoms with Crippen LogP contribution in [0.2, 0.25) is 0 Å². The second-order valence-corrected chi connectivity index (χ2v) is 5.02. The number of pyridine rings is 1. The van der Waals surface area contributed by atoms with Crippen molar-refractivity contribution in [3.05, 3.63) is 41.6 Å². The third-order valence-corrected chi connectivity index (χ3v) is 3.57. The molecule has 102 valence electrons. The Labute approximate surface area is 117 Å². The summed E-state index contributed by atoms with van der Waals surface area (Å²) in [6.45, 7) is 1.90. The maximum absolute atomic E-state index is 12.3. The summed E-state index contributed by atoms with van der Waals surface area (Å²) in [5.41, 5.74) is 15.8. The number of aromatic nitrogens is 1. The zero-order valence-electron chi connectivity index (χ0n) is 11.3. The SMILES string of the molecule is Cc1cc(N2C(=O)CCc3cc(N)ccc32)ncc1N. The van der Waals surface area contributed by atoms with E-state index in [2.05, 4.69) is 4.98 Å². The molecule has 20 heavy (non-hydrogen) atoms. The normalized spacial score (nSPS) is 14.2. The molecule has 1 aromatic carbocycles. The molecule has 2 heterocycles. The van der Waals surface area contributed by atoms with Gasteiger partial charge in [-0.05, 0) is 48.7 Å². The van der Waals surface area contributed by atoms with Crippen LogP contribution in [0.3, 0.4) is 0 Å². The number of rotatable bonds is 1. The van der Waals surface area contributed by atoms with Crippen molar-refractivity contribution >= 4 is 28.8 Å². The van der Waals surface area contributed by atoms with E-state index in [9.17, 15) is 4.79 Å². The van der Waals surface area contributed by atoms with Crippen molar-refractivity contribution in [2.45, 2.75) is 19.8 Å². The van der Waals surface area contributed by atoms with Gasteiger partial charge < -0.3 is 11.5 Å². The monoisotopic (exact) mass is 268 g/mol. The van der Waals surface area contributed by atoms with Gasteiger partial charge in [-0.3, -0.25) is 9.69 Å². The molecule has 0 aliphatic carbocycles. The highest BCUT2D eigenvalue weighted by Gasteiger charge is 2.26. The zero-order valence-corrected chi connectivity index (χ0v) is 11.3. The molecule has 1 aliphatic rings. The largest absolute Gasteiger partial charge is 0.399 e. The predicted octanol–water partition coefficient (Wildman–Crippen LogP) is 2.17. The summed E-state index contributed by atoms with van der Waals surface area (Å²) in [6.07, 6.45) is 2.76. The van der Waals surface area contributed by atoms with Gasteiger partial charge in [0.2, 0.25) is 5.91 Å². The van der Waals surface area contributed by atoms with E-state index in [1.54, 1.807) is 17.2 Å². The van der Waals surface area contributed by atoms with E-state index in [1.807, 2.05) is 25.1 Å². The molecule has 0 bridgehead atoms. The van der Waals surface area contributed by atoms with Gasteiger partial charge in [-0.15, -0.1) is 0 Å². The van der Waals surface area contributed by atoms with Crippen molar-refractivity contribution in [2.24, 2.45) is 0 Å². The number of hydrogen-bond donors (Lipinski definition) is 2. The quantitative estimate of drug-likeness (QED) is 0.776. The highest BCUT2D eigenvalue weighted by molar-refractivity contribution is 6.02. The lowest BCUT2D eigenvalue weighted by molar-refractivity contribution is -0.118. The van der Waals surface area contributed by atoms with Gasteiger partial charge in [0.25, 0.3) is 0 Å². The first-order valence-electron chi connectivity index (χ1n) is 6.50. The Bertz CT molecular complexity index is 696. The summed E-state index contributed by atoms with van der Waals surface area (Å²) < 4.78 is 0. The molecular weight excluding hydrogens is 252 g/mol. The van der Waals surface area contributed by atoms with Gasteiger partial charge in [0, 0.05) is 12.1 Å². The van der Waals surface area contributed by atoms with Crippen LogP contribution in [0.1, 0.15) is 17.5 Å². The minimum atomic E-state index is 0.0407. The first kappa shape index (κ1) is 12.5.